The Labute approximate surface area is 109 Å². The second-order valence-electron chi connectivity index (χ2n) is 5.36. The second kappa shape index (κ2) is 6.82. The summed E-state index contributed by atoms with van der Waals surface area (Å²) in [6.45, 7) is 3.79. The predicted octanol–water partition coefficient (Wildman–Crippen LogP) is 0.120. The van der Waals surface area contributed by atoms with Gasteiger partial charge in [-0.2, -0.15) is 0 Å². The van der Waals surface area contributed by atoms with Gasteiger partial charge in [0.05, 0.1) is 19.3 Å². The third-order valence-corrected chi connectivity index (χ3v) is 4.10. The number of rotatable bonds is 4. The van der Waals surface area contributed by atoms with Gasteiger partial charge in [-0.25, -0.2) is 0 Å². The van der Waals surface area contributed by atoms with E-state index >= 15 is 0 Å². The predicted molar refractivity (Wildman–Crippen MR) is 67.6 cm³/mol. The zero-order chi connectivity index (χ0) is 13.0. The number of aliphatic hydroxyl groups excluding tert-OH is 1. The molecular weight excluding hydrogens is 234 g/mol. The zero-order valence-corrected chi connectivity index (χ0v) is 11.4. The molecular formula is C13H25NO4. The Morgan fingerprint density at radius 1 is 1.22 bits per heavy atom. The molecule has 2 rings (SSSR count). The van der Waals surface area contributed by atoms with Gasteiger partial charge in [0.1, 0.15) is 12.2 Å². The molecule has 5 heteroatoms. The zero-order valence-electron chi connectivity index (χ0n) is 11.4. The van der Waals surface area contributed by atoms with Gasteiger partial charge in [0.15, 0.2) is 0 Å². The lowest BCUT2D eigenvalue weighted by Crippen LogP contribution is -2.56. The van der Waals surface area contributed by atoms with Crippen LogP contribution in [0, 0.1) is 5.92 Å². The number of nitrogens with zero attached hydrogens (tertiary/aromatic N) is 1. The van der Waals surface area contributed by atoms with Crippen LogP contribution in [-0.2, 0) is 14.2 Å². The van der Waals surface area contributed by atoms with Crippen molar-refractivity contribution in [2.45, 2.75) is 31.1 Å². The molecule has 2 fully saturated rings. The molecule has 1 N–H and O–H groups in total. The van der Waals surface area contributed by atoms with Crippen LogP contribution >= 0.6 is 0 Å². The third-order valence-electron chi connectivity index (χ3n) is 4.10. The first kappa shape index (κ1) is 14.2. The first-order valence-corrected chi connectivity index (χ1v) is 6.79. The molecule has 0 spiro atoms. The fourth-order valence-corrected chi connectivity index (χ4v) is 2.82. The minimum Gasteiger partial charge on any atom is -0.389 e. The van der Waals surface area contributed by atoms with Gasteiger partial charge in [-0.15, -0.1) is 0 Å². The highest BCUT2D eigenvalue weighted by Gasteiger charge is 2.35. The average molecular weight is 259 g/mol. The van der Waals surface area contributed by atoms with Crippen molar-refractivity contribution in [2.75, 3.05) is 47.1 Å². The molecule has 18 heavy (non-hydrogen) atoms. The molecule has 2 aliphatic rings. The summed E-state index contributed by atoms with van der Waals surface area (Å²) in [5.74, 6) is 0.666. The fraction of sp³-hybridized carbons (Fsp3) is 1.00. The molecule has 2 aliphatic heterocycles. The fourth-order valence-electron chi connectivity index (χ4n) is 2.82. The van der Waals surface area contributed by atoms with Crippen LogP contribution in [0.5, 0.6) is 0 Å². The lowest BCUT2D eigenvalue weighted by atomic mass is 9.97. The topological polar surface area (TPSA) is 51.2 Å². The lowest BCUT2D eigenvalue weighted by Gasteiger charge is -2.40. The molecule has 0 amide bonds. The maximum atomic E-state index is 10.3. The van der Waals surface area contributed by atoms with E-state index in [4.69, 9.17) is 14.2 Å². The molecule has 0 saturated carbocycles. The van der Waals surface area contributed by atoms with Gasteiger partial charge in [0.2, 0.25) is 0 Å². The summed E-state index contributed by atoms with van der Waals surface area (Å²) in [4.78, 5) is 2.21. The molecule has 0 aliphatic carbocycles. The molecule has 3 atom stereocenters. The van der Waals surface area contributed by atoms with Crippen molar-refractivity contribution in [3.63, 3.8) is 0 Å². The second-order valence-corrected chi connectivity index (χ2v) is 5.36. The van der Waals surface area contributed by atoms with E-state index in [9.17, 15) is 5.11 Å². The standard InChI is InChI=1S/C13H25NO4/c1-14(7-10-3-5-17-6-4-10)11-8-18-9-12(16-2)13(11)15/h10-13,15H,3-9H2,1-2H3/t11-,12-,13+/m1/s1. The molecule has 0 radical (unpaired) electrons. The summed E-state index contributed by atoms with van der Waals surface area (Å²) < 4.78 is 16.1. The van der Waals surface area contributed by atoms with Gasteiger partial charge in [0, 0.05) is 26.9 Å². The summed E-state index contributed by atoms with van der Waals surface area (Å²) in [6.07, 6.45) is 1.55. The molecule has 0 unspecified atom stereocenters. The maximum Gasteiger partial charge on any atom is 0.108 e. The molecule has 0 aromatic rings. The monoisotopic (exact) mass is 259 g/mol. The summed E-state index contributed by atoms with van der Waals surface area (Å²) >= 11 is 0. The lowest BCUT2D eigenvalue weighted by molar-refractivity contribution is -0.143. The molecule has 5 nitrogen and oxygen atoms in total. The Morgan fingerprint density at radius 2 is 1.94 bits per heavy atom. The quantitative estimate of drug-likeness (QED) is 0.777. The van der Waals surface area contributed by atoms with Crippen LogP contribution in [0.4, 0.5) is 0 Å². The molecule has 106 valence electrons. The normalized spacial score (nSPS) is 35.0. The van der Waals surface area contributed by atoms with E-state index < -0.39 is 6.10 Å². The maximum absolute atomic E-state index is 10.3. The Morgan fingerprint density at radius 3 is 2.61 bits per heavy atom. The molecule has 2 saturated heterocycles. The summed E-state index contributed by atoms with van der Waals surface area (Å²) in [7, 11) is 3.68. The van der Waals surface area contributed by atoms with Gasteiger partial charge in [0.25, 0.3) is 0 Å². The van der Waals surface area contributed by atoms with Crippen LogP contribution in [0.25, 0.3) is 0 Å². The van der Waals surface area contributed by atoms with E-state index in [1.165, 1.54) is 0 Å². The van der Waals surface area contributed by atoms with Crippen molar-refractivity contribution in [3.05, 3.63) is 0 Å². The number of aliphatic hydroxyl groups is 1. The summed E-state index contributed by atoms with van der Waals surface area (Å²) in [6, 6.07) is 0.0338. The van der Waals surface area contributed by atoms with Crippen molar-refractivity contribution >= 4 is 0 Å². The van der Waals surface area contributed by atoms with Crippen molar-refractivity contribution in [2.24, 2.45) is 5.92 Å². The van der Waals surface area contributed by atoms with Crippen molar-refractivity contribution < 1.29 is 19.3 Å². The highest BCUT2D eigenvalue weighted by Crippen LogP contribution is 2.20. The first-order valence-electron chi connectivity index (χ1n) is 6.79. The van der Waals surface area contributed by atoms with Crippen molar-refractivity contribution in [1.82, 2.24) is 4.90 Å². The van der Waals surface area contributed by atoms with Gasteiger partial charge in [-0.05, 0) is 25.8 Å². The van der Waals surface area contributed by atoms with E-state index in [2.05, 4.69) is 11.9 Å². The highest BCUT2D eigenvalue weighted by atomic mass is 16.5. The largest absolute Gasteiger partial charge is 0.389 e. The average Bonchev–Trinajstić information content (AvgIpc) is 2.40. The minimum atomic E-state index is -0.464. The van der Waals surface area contributed by atoms with E-state index in [1.807, 2.05) is 0 Å². The van der Waals surface area contributed by atoms with E-state index in [-0.39, 0.29) is 12.1 Å². The number of hydrogen-bond acceptors (Lipinski definition) is 5. The van der Waals surface area contributed by atoms with Crippen LogP contribution in [0.3, 0.4) is 0 Å². The highest BCUT2D eigenvalue weighted by molar-refractivity contribution is 4.87. The summed E-state index contributed by atoms with van der Waals surface area (Å²) in [5.41, 5.74) is 0. The SMILES string of the molecule is CO[C@@H]1COC[C@@H](N(C)CC2CCOCC2)[C@@H]1O. The van der Waals surface area contributed by atoms with Crippen LogP contribution in [0.2, 0.25) is 0 Å². The Bertz CT molecular complexity index is 245. The molecule has 0 aromatic heterocycles. The van der Waals surface area contributed by atoms with Crippen LogP contribution in [0.15, 0.2) is 0 Å². The van der Waals surface area contributed by atoms with E-state index in [0.717, 1.165) is 32.6 Å². The molecule has 0 aromatic carbocycles. The van der Waals surface area contributed by atoms with Gasteiger partial charge >= 0.3 is 0 Å². The van der Waals surface area contributed by atoms with Crippen molar-refractivity contribution in [1.29, 1.82) is 0 Å². The van der Waals surface area contributed by atoms with Crippen molar-refractivity contribution in [3.8, 4) is 0 Å². The third kappa shape index (κ3) is 3.42. The molecule has 0 bridgehead atoms. The van der Waals surface area contributed by atoms with E-state index in [0.29, 0.717) is 19.1 Å². The number of methoxy groups -OCH3 is 1. The number of ether oxygens (including phenoxy) is 3. The number of likely N-dealkylation sites (N-methyl/N-ethyl adjacent to an activating group) is 1. The Hall–Kier alpha value is -0.200. The molecule has 2 heterocycles. The van der Waals surface area contributed by atoms with Gasteiger partial charge in [-0.1, -0.05) is 0 Å². The smallest absolute Gasteiger partial charge is 0.108 e. The first-order chi connectivity index (χ1) is 8.72. The Kier molecular flexibility index (Phi) is 5.38. The van der Waals surface area contributed by atoms with Gasteiger partial charge in [-0.3, -0.25) is 4.90 Å². The minimum absolute atomic E-state index is 0.0338. The van der Waals surface area contributed by atoms with E-state index in [1.54, 1.807) is 7.11 Å². The van der Waals surface area contributed by atoms with Crippen LogP contribution in [-0.4, -0.2) is 75.4 Å². The van der Waals surface area contributed by atoms with Crippen LogP contribution < -0.4 is 0 Å². The number of hydrogen-bond donors (Lipinski definition) is 1. The van der Waals surface area contributed by atoms with Gasteiger partial charge < -0.3 is 19.3 Å². The van der Waals surface area contributed by atoms with Crippen LogP contribution in [0.1, 0.15) is 12.8 Å². The summed E-state index contributed by atoms with van der Waals surface area (Å²) in [5, 5.41) is 10.3. The Balaban J connectivity index is 1.84.